The smallest absolute Gasteiger partial charge is 0.239 e. The third kappa shape index (κ3) is 4.18. The van der Waals surface area contributed by atoms with Crippen LogP contribution in [0.15, 0.2) is 12.1 Å². The Morgan fingerprint density at radius 3 is 2.48 bits per heavy atom. The van der Waals surface area contributed by atoms with E-state index in [2.05, 4.69) is 6.07 Å². The second kappa shape index (κ2) is 9.13. The van der Waals surface area contributed by atoms with Crippen molar-refractivity contribution in [3.8, 4) is 11.5 Å². The number of ether oxygens (including phenoxy) is 3. The second-order valence-electron chi connectivity index (χ2n) is 7.18. The van der Waals surface area contributed by atoms with Gasteiger partial charge in [-0.2, -0.15) is 0 Å². The quantitative estimate of drug-likeness (QED) is 0.825. The lowest BCUT2D eigenvalue weighted by Gasteiger charge is -2.45. The first-order valence-corrected chi connectivity index (χ1v) is 9.48. The molecule has 0 aromatic heterocycles. The minimum atomic E-state index is -0.391. The zero-order chi connectivity index (χ0) is 18.7. The van der Waals surface area contributed by atoms with Gasteiger partial charge in [0, 0.05) is 13.1 Å². The molecule has 2 aliphatic heterocycles. The third-order valence-corrected chi connectivity index (χ3v) is 5.65. The van der Waals surface area contributed by atoms with Crippen LogP contribution in [0.3, 0.4) is 0 Å². The summed E-state index contributed by atoms with van der Waals surface area (Å²) in [6, 6.07) is 3.72. The Balaban J connectivity index is 0.00000261. The molecule has 0 saturated carbocycles. The van der Waals surface area contributed by atoms with E-state index in [0.29, 0.717) is 19.7 Å². The number of amides is 1. The Bertz CT molecular complexity index is 660. The van der Waals surface area contributed by atoms with Gasteiger partial charge in [0.05, 0.1) is 32.5 Å². The van der Waals surface area contributed by atoms with E-state index in [0.717, 1.165) is 43.6 Å². The van der Waals surface area contributed by atoms with Crippen LogP contribution in [0.2, 0.25) is 0 Å². The molecule has 1 amide bonds. The number of nitrogens with two attached hydrogens (primary N) is 1. The number of halogens is 1. The Labute approximate surface area is 167 Å². The molecule has 2 aliphatic rings. The predicted octanol–water partition coefficient (Wildman–Crippen LogP) is 2.64. The molecule has 1 aromatic carbocycles. The highest BCUT2D eigenvalue weighted by molar-refractivity contribution is 5.85. The van der Waals surface area contributed by atoms with Crippen molar-refractivity contribution >= 4 is 18.3 Å². The molecule has 1 spiro atoms. The van der Waals surface area contributed by atoms with E-state index in [1.807, 2.05) is 17.9 Å². The summed E-state index contributed by atoms with van der Waals surface area (Å²) in [5.41, 5.74) is 8.09. The molecule has 2 N–H and O–H groups in total. The Morgan fingerprint density at radius 1 is 1.26 bits per heavy atom. The number of carbonyl (C=O) groups excluding carboxylic acids is 1. The largest absolute Gasteiger partial charge is 0.493 e. The van der Waals surface area contributed by atoms with Crippen LogP contribution in [0.5, 0.6) is 11.5 Å². The topological polar surface area (TPSA) is 74.0 Å². The maximum atomic E-state index is 12.5. The average Bonchev–Trinajstić information content (AvgIpc) is 2.67. The number of methoxy groups -OCH3 is 2. The minimum Gasteiger partial charge on any atom is -0.493 e. The van der Waals surface area contributed by atoms with Gasteiger partial charge < -0.3 is 24.8 Å². The number of benzene rings is 1. The summed E-state index contributed by atoms with van der Waals surface area (Å²) in [7, 11) is 3.31. The van der Waals surface area contributed by atoms with Gasteiger partial charge in [-0.1, -0.05) is 13.3 Å². The van der Waals surface area contributed by atoms with Crippen LogP contribution in [0.1, 0.15) is 43.7 Å². The monoisotopic (exact) mass is 398 g/mol. The van der Waals surface area contributed by atoms with Gasteiger partial charge in [0.25, 0.3) is 0 Å². The number of hydrogen-bond donors (Lipinski definition) is 1. The normalized spacial score (nSPS) is 19.0. The highest BCUT2D eigenvalue weighted by Gasteiger charge is 2.42. The molecular weight excluding hydrogens is 368 g/mol. The van der Waals surface area contributed by atoms with Crippen LogP contribution in [-0.4, -0.2) is 50.8 Å². The molecule has 1 fully saturated rings. The van der Waals surface area contributed by atoms with Crippen molar-refractivity contribution in [3.05, 3.63) is 23.3 Å². The lowest BCUT2D eigenvalue weighted by atomic mass is 9.79. The van der Waals surface area contributed by atoms with Crippen molar-refractivity contribution in [1.29, 1.82) is 0 Å². The Kier molecular flexibility index (Phi) is 7.37. The highest BCUT2D eigenvalue weighted by atomic mass is 35.5. The average molecular weight is 399 g/mol. The second-order valence-corrected chi connectivity index (χ2v) is 7.18. The summed E-state index contributed by atoms with van der Waals surface area (Å²) >= 11 is 0. The van der Waals surface area contributed by atoms with E-state index in [-0.39, 0.29) is 23.9 Å². The first kappa shape index (κ1) is 21.8. The SMILES string of the molecule is CCC[C@H](N)C(=O)N1CCC2(CC1)OCCc1cc(OC)c(OC)cc12.Cl. The number of likely N-dealkylation sites (tertiary alicyclic amines) is 1. The van der Waals surface area contributed by atoms with Gasteiger partial charge in [0.1, 0.15) is 0 Å². The summed E-state index contributed by atoms with van der Waals surface area (Å²) in [4.78, 5) is 14.4. The molecule has 7 heteroatoms. The highest BCUT2D eigenvalue weighted by Crippen LogP contribution is 2.45. The van der Waals surface area contributed by atoms with Crippen LogP contribution < -0.4 is 15.2 Å². The number of piperidine rings is 1. The lowest BCUT2D eigenvalue weighted by molar-refractivity contribution is -0.142. The number of hydrogen-bond acceptors (Lipinski definition) is 5. The van der Waals surface area contributed by atoms with Crippen LogP contribution in [0.25, 0.3) is 0 Å². The lowest BCUT2D eigenvalue weighted by Crippen LogP contribution is -2.52. The molecule has 0 radical (unpaired) electrons. The molecular formula is C20H31ClN2O4. The summed E-state index contributed by atoms with van der Waals surface area (Å²) in [5.74, 6) is 1.53. The molecule has 3 rings (SSSR count). The standard InChI is InChI=1S/C20H30N2O4.ClH/c1-4-5-16(21)19(23)22-9-7-20(8-10-22)15-13-18(25-3)17(24-2)12-14(15)6-11-26-20;/h12-13,16H,4-11,21H2,1-3H3;1H/t16-;/m0./s1. The minimum absolute atomic E-state index is 0. The fraction of sp³-hybridized carbons (Fsp3) is 0.650. The van der Waals surface area contributed by atoms with Crippen molar-refractivity contribution in [2.24, 2.45) is 5.73 Å². The molecule has 1 atom stereocenters. The number of fused-ring (bicyclic) bond motifs is 2. The molecule has 1 saturated heterocycles. The number of nitrogens with zero attached hydrogens (tertiary/aromatic N) is 1. The van der Waals surface area contributed by atoms with Gasteiger partial charge >= 0.3 is 0 Å². The van der Waals surface area contributed by atoms with Crippen molar-refractivity contribution in [2.75, 3.05) is 33.9 Å². The maximum absolute atomic E-state index is 12.5. The van der Waals surface area contributed by atoms with Crippen molar-refractivity contribution in [3.63, 3.8) is 0 Å². The van der Waals surface area contributed by atoms with E-state index >= 15 is 0 Å². The van der Waals surface area contributed by atoms with Crippen LogP contribution in [0, 0.1) is 0 Å². The van der Waals surface area contributed by atoms with E-state index in [1.54, 1.807) is 14.2 Å². The fourth-order valence-corrected chi connectivity index (χ4v) is 4.16. The van der Waals surface area contributed by atoms with Gasteiger partial charge in [0.2, 0.25) is 5.91 Å². The Morgan fingerprint density at radius 2 is 1.89 bits per heavy atom. The van der Waals surface area contributed by atoms with Crippen molar-refractivity contribution < 1.29 is 19.0 Å². The molecule has 0 unspecified atom stereocenters. The first-order valence-electron chi connectivity index (χ1n) is 9.48. The predicted molar refractivity (Wildman–Crippen MR) is 107 cm³/mol. The van der Waals surface area contributed by atoms with Gasteiger partial charge in [-0.15, -0.1) is 12.4 Å². The summed E-state index contributed by atoms with van der Waals surface area (Å²) in [5, 5.41) is 0. The van der Waals surface area contributed by atoms with E-state index in [1.165, 1.54) is 11.1 Å². The van der Waals surface area contributed by atoms with Crippen LogP contribution >= 0.6 is 12.4 Å². The number of rotatable bonds is 5. The first-order chi connectivity index (χ1) is 12.5. The van der Waals surface area contributed by atoms with Gasteiger partial charge in [-0.3, -0.25) is 4.79 Å². The van der Waals surface area contributed by atoms with Crippen LogP contribution in [-0.2, 0) is 21.6 Å². The third-order valence-electron chi connectivity index (χ3n) is 5.65. The molecule has 27 heavy (non-hydrogen) atoms. The fourth-order valence-electron chi connectivity index (χ4n) is 4.16. The molecule has 0 bridgehead atoms. The molecule has 0 aliphatic carbocycles. The molecule has 2 heterocycles. The van der Waals surface area contributed by atoms with Gasteiger partial charge in [-0.05, 0) is 48.9 Å². The van der Waals surface area contributed by atoms with Crippen molar-refractivity contribution in [2.45, 2.75) is 50.7 Å². The van der Waals surface area contributed by atoms with Crippen molar-refractivity contribution in [1.82, 2.24) is 4.90 Å². The van der Waals surface area contributed by atoms with Crippen LogP contribution in [0.4, 0.5) is 0 Å². The zero-order valence-corrected chi connectivity index (χ0v) is 17.3. The summed E-state index contributed by atoms with van der Waals surface area (Å²) < 4.78 is 17.2. The van der Waals surface area contributed by atoms with Gasteiger partial charge in [0.15, 0.2) is 11.5 Å². The molecule has 152 valence electrons. The molecule has 1 aromatic rings. The summed E-state index contributed by atoms with van der Waals surface area (Å²) in [6.45, 7) is 4.08. The Hall–Kier alpha value is -1.50. The summed E-state index contributed by atoms with van der Waals surface area (Å²) in [6.07, 6.45) is 4.07. The number of carbonyl (C=O) groups is 1. The molecule has 6 nitrogen and oxygen atoms in total. The van der Waals surface area contributed by atoms with E-state index < -0.39 is 6.04 Å². The van der Waals surface area contributed by atoms with E-state index in [4.69, 9.17) is 19.9 Å². The van der Waals surface area contributed by atoms with Gasteiger partial charge in [-0.25, -0.2) is 0 Å². The zero-order valence-electron chi connectivity index (χ0n) is 16.5. The van der Waals surface area contributed by atoms with E-state index in [9.17, 15) is 4.79 Å². The maximum Gasteiger partial charge on any atom is 0.239 e.